The summed E-state index contributed by atoms with van der Waals surface area (Å²) in [6, 6.07) is 10.5. The number of carbonyl (C=O) groups is 1. The minimum absolute atomic E-state index is 0.0577. The van der Waals surface area contributed by atoms with Crippen LogP contribution in [0.5, 0.6) is 11.5 Å². The van der Waals surface area contributed by atoms with Crippen LogP contribution in [0.25, 0.3) is 0 Å². The Hall–Kier alpha value is -2.30. The Morgan fingerprint density at radius 2 is 1.73 bits per heavy atom. The summed E-state index contributed by atoms with van der Waals surface area (Å²) in [6.07, 6.45) is 0. The Morgan fingerprint density at radius 3 is 2.47 bits per heavy atom. The molecule has 0 atom stereocenters. The highest BCUT2D eigenvalue weighted by Crippen LogP contribution is 2.34. The summed E-state index contributed by atoms with van der Waals surface area (Å²) in [4.78, 5) is 15.0. The summed E-state index contributed by atoms with van der Waals surface area (Å²) >= 11 is 1.40. The van der Waals surface area contributed by atoms with Crippen LogP contribution in [0.3, 0.4) is 0 Å². The van der Waals surface area contributed by atoms with E-state index in [4.69, 9.17) is 9.47 Å². The quantitative estimate of drug-likeness (QED) is 0.648. The van der Waals surface area contributed by atoms with E-state index in [2.05, 4.69) is 0 Å². The second-order valence-electron chi connectivity index (χ2n) is 6.84. The van der Waals surface area contributed by atoms with Crippen molar-refractivity contribution in [2.45, 2.75) is 9.79 Å². The third-order valence-electron chi connectivity index (χ3n) is 4.90. The van der Waals surface area contributed by atoms with E-state index in [1.807, 2.05) is 18.2 Å². The number of rotatable bonds is 5. The molecule has 1 saturated heterocycles. The van der Waals surface area contributed by atoms with Crippen LogP contribution >= 0.6 is 11.8 Å². The lowest BCUT2D eigenvalue weighted by Gasteiger charge is -2.34. The molecule has 2 aliphatic rings. The van der Waals surface area contributed by atoms with Gasteiger partial charge in [-0.05, 0) is 36.4 Å². The molecule has 160 valence electrons. The number of ether oxygens (including phenoxy) is 2. The largest absolute Gasteiger partial charge is 0.486 e. The third-order valence-corrected chi connectivity index (χ3v) is 7.77. The van der Waals surface area contributed by atoms with Gasteiger partial charge in [-0.25, -0.2) is 12.8 Å². The van der Waals surface area contributed by atoms with Gasteiger partial charge in [-0.2, -0.15) is 4.31 Å². The zero-order valence-corrected chi connectivity index (χ0v) is 17.8. The number of halogens is 1. The molecule has 4 rings (SSSR count). The van der Waals surface area contributed by atoms with Crippen LogP contribution in [0.2, 0.25) is 0 Å². The topological polar surface area (TPSA) is 76.2 Å². The maximum absolute atomic E-state index is 13.4. The normalized spacial score (nSPS) is 17.0. The highest BCUT2D eigenvalue weighted by Gasteiger charge is 2.30. The molecule has 0 spiro atoms. The van der Waals surface area contributed by atoms with Crippen LogP contribution in [-0.2, 0) is 14.8 Å². The van der Waals surface area contributed by atoms with E-state index in [0.29, 0.717) is 37.8 Å². The van der Waals surface area contributed by atoms with Crippen molar-refractivity contribution in [3.05, 3.63) is 48.3 Å². The van der Waals surface area contributed by atoms with E-state index >= 15 is 0 Å². The van der Waals surface area contributed by atoms with Gasteiger partial charge in [-0.15, -0.1) is 11.8 Å². The molecule has 2 aromatic rings. The van der Waals surface area contributed by atoms with Gasteiger partial charge in [0.25, 0.3) is 0 Å². The Morgan fingerprint density at radius 1 is 1.00 bits per heavy atom. The number of fused-ring (bicyclic) bond motifs is 1. The van der Waals surface area contributed by atoms with E-state index in [1.54, 1.807) is 4.90 Å². The number of amides is 1. The molecule has 0 unspecified atom stereocenters. The second kappa shape index (κ2) is 8.83. The summed E-state index contributed by atoms with van der Waals surface area (Å²) < 4.78 is 51.1. The molecule has 0 N–H and O–H groups in total. The molecule has 10 heteroatoms. The fraction of sp³-hybridized carbons (Fsp3) is 0.350. The Labute approximate surface area is 178 Å². The fourth-order valence-corrected chi connectivity index (χ4v) is 5.59. The highest BCUT2D eigenvalue weighted by atomic mass is 32.2. The van der Waals surface area contributed by atoms with E-state index in [-0.39, 0.29) is 29.6 Å². The Kier molecular flexibility index (Phi) is 6.16. The van der Waals surface area contributed by atoms with Crippen molar-refractivity contribution in [3.63, 3.8) is 0 Å². The molecule has 0 aliphatic carbocycles. The standard InChI is InChI=1S/C20H21FN2O5S2/c21-15-2-1-3-17(12-15)30(25,26)23-8-6-22(7-9-23)20(24)14-29-16-4-5-18-19(13-16)28-11-10-27-18/h1-5,12-13H,6-11,14H2. The number of nitrogens with zero attached hydrogens (tertiary/aromatic N) is 2. The number of piperazine rings is 1. The summed E-state index contributed by atoms with van der Waals surface area (Å²) in [5.74, 6) is 0.970. The van der Waals surface area contributed by atoms with Gasteiger partial charge in [-0.3, -0.25) is 4.79 Å². The van der Waals surface area contributed by atoms with Gasteiger partial charge in [0.1, 0.15) is 19.0 Å². The van der Waals surface area contributed by atoms with Gasteiger partial charge < -0.3 is 14.4 Å². The zero-order chi connectivity index (χ0) is 21.1. The second-order valence-corrected chi connectivity index (χ2v) is 9.82. The van der Waals surface area contributed by atoms with Gasteiger partial charge in [0.05, 0.1) is 10.6 Å². The Balaban J connectivity index is 1.31. The van der Waals surface area contributed by atoms with Crippen LogP contribution in [0.4, 0.5) is 4.39 Å². The van der Waals surface area contributed by atoms with Gasteiger partial charge in [-0.1, -0.05) is 6.07 Å². The van der Waals surface area contributed by atoms with E-state index in [0.717, 1.165) is 11.0 Å². The fourth-order valence-electron chi connectivity index (χ4n) is 3.30. The maximum Gasteiger partial charge on any atom is 0.243 e. The smallest absolute Gasteiger partial charge is 0.243 e. The van der Waals surface area contributed by atoms with E-state index < -0.39 is 15.8 Å². The van der Waals surface area contributed by atoms with Gasteiger partial charge >= 0.3 is 0 Å². The lowest BCUT2D eigenvalue weighted by atomic mass is 10.3. The first-order valence-electron chi connectivity index (χ1n) is 9.49. The first-order chi connectivity index (χ1) is 14.4. The van der Waals surface area contributed by atoms with Crippen LogP contribution in [0.1, 0.15) is 0 Å². The lowest BCUT2D eigenvalue weighted by molar-refractivity contribution is -0.129. The minimum atomic E-state index is -3.77. The molecule has 0 saturated carbocycles. The average Bonchev–Trinajstić information content (AvgIpc) is 2.77. The van der Waals surface area contributed by atoms with E-state index in [9.17, 15) is 17.6 Å². The average molecular weight is 453 g/mol. The number of thioether (sulfide) groups is 1. The number of carbonyl (C=O) groups excluding carboxylic acids is 1. The SMILES string of the molecule is O=C(CSc1ccc2c(c1)OCCO2)N1CCN(S(=O)(=O)c2cccc(F)c2)CC1. The molecule has 0 radical (unpaired) electrons. The lowest BCUT2D eigenvalue weighted by Crippen LogP contribution is -2.50. The molecule has 1 amide bonds. The summed E-state index contributed by atoms with van der Waals surface area (Å²) in [5.41, 5.74) is 0. The van der Waals surface area contributed by atoms with Crippen LogP contribution < -0.4 is 9.47 Å². The molecule has 30 heavy (non-hydrogen) atoms. The summed E-state index contributed by atoms with van der Waals surface area (Å²) in [5, 5.41) is 0. The van der Waals surface area contributed by atoms with Crippen molar-refractivity contribution in [2.75, 3.05) is 45.1 Å². The molecule has 0 aromatic heterocycles. The Bertz CT molecular complexity index is 1040. The van der Waals surface area contributed by atoms with Crippen LogP contribution in [0, 0.1) is 5.82 Å². The van der Waals surface area contributed by atoms with Gasteiger partial charge in [0, 0.05) is 31.1 Å². The molecule has 2 aliphatic heterocycles. The van der Waals surface area contributed by atoms with Crippen molar-refractivity contribution in [2.24, 2.45) is 0 Å². The first-order valence-corrected chi connectivity index (χ1v) is 11.9. The number of hydrogen-bond acceptors (Lipinski definition) is 6. The van der Waals surface area contributed by atoms with Crippen LogP contribution in [-0.4, -0.2) is 68.7 Å². The number of benzene rings is 2. The highest BCUT2D eigenvalue weighted by molar-refractivity contribution is 8.00. The zero-order valence-electron chi connectivity index (χ0n) is 16.1. The van der Waals surface area contributed by atoms with Crippen LogP contribution in [0.15, 0.2) is 52.3 Å². The van der Waals surface area contributed by atoms with Gasteiger partial charge in [0.15, 0.2) is 11.5 Å². The van der Waals surface area contributed by atoms with E-state index in [1.165, 1.54) is 34.3 Å². The molecule has 1 fully saturated rings. The van der Waals surface area contributed by atoms with Crippen molar-refractivity contribution in [1.29, 1.82) is 0 Å². The number of sulfonamides is 1. The van der Waals surface area contributed by atoms with Crippen molar-refractivity contribution in [1.82, 2.24) is 9.21 Å². The molecular weight excluding hydrogens is 431 g/mol. The summed E-state index contributed by atoms with van der Waals surface area (Å²) in [6.45, 7) is 1.99. The number of hydrogen-bond donors (Lipinski definition) is 0. The van der Waals surface area contributed by atoms with Gasteiger partial charge in [0.2, 0.25) is 15.9 Å². The molecule has 7 nitrogen and oxygen atoms in total. The predicted octanol–water partition coefficient (Wildman–Crippen LogP) is 2.22. The maximum atomic E-state index is 13.4. The van der Waals surface area contributed by atoms with Crippen molar-refractivity contribution in [3.8, 4) is 11.5 Å². The third kappa shape index (κ3) is 4.55. The molecule has 2 aromatic carbocycles. The monoisotopic (exact) mass is 452 g/mol. The molecule has 0 bridgehead atoms. The summed E-state index contributed by atoms with van der Waals surface area (Å²) in [7, 11) is -3.77. The van der Waals surface area contributed by atoms with Crippen molar-refractivity contribution < 1.29 is 27.1 Å². The molecular formula is C20H21FN2O5S2. The minimum Gasteiger partial charge on any atom is -0.486 e. The van der Waals surface area contributed by atoms with Crippen molar-refractivity contribution >= 4 is 27.7 Å². The molecule has 2 heterocycles. The first kappa shape index (κ1) is 21.0. The predicted molar refractivity (Wildman–Crippen MR) is 110 cm³/mol.